The highest BCUT2D eigenvalue weighted by atomic mass is 16.5. The molecule has 4 fully saturated rings. The maximum Gasteiger partial charge on any atom is 0.331 e. The van der Waals surface area contributed by atoms with Crippen molar-refractivity contribution in [3.05, 3.63) is 48.1 Å². The molecule has 4 heteroatoms. The van der Waals surface area contributed by atoms with Crippen LogP contribution in [0.15, 0.2) is 42.5 Å². The quantitative estimate of drug-likeness (QED) is 0.176. The van der Waals surface area contributed by atoms with Crippen molar-refractivity contribution in [3.8, 4) is 5.75 Å². The molecule has 4 aliphatic rings. The molecular formula is C40H60O4. The number of aliphatic hydroxyl groups is 1. The van der Waals surface area contributed by atoms with Gasteiger partial charge in [-0.15, -0.1) is 0 Å². The number of esters is 1. The van der Waals surface area contributed by atoms with Crippen LogP contribution in [0.1, 0.15) is 125 Å². The average Bonchev–Trinajstić information content (AvgIpc) is 3.32. The summed E-state index contributed by atoms with van der Waals surface area (Å²) in [5, 5.41) is 21.4. The van der Waals surface area contributed by atoms with Crippen LogP contribution in [-0.4, -0.2) is 27.9 Å². The Hall–Kier alpha value is -2.07. The molecule has 4 aliphatic carbocycles. The summed E-state index contributed by atoms with van der Waals surface area (Å²) in [6, 6.07) is 6.84. The van der Waals surface area contributed by atoms with Gasteiger partial charge in [0.25, 0.3) is 0 Å². The highest BCUT2D eigenvalue weighted by Crippen LogP contribution is 2.76. The van der Waals surface area contributed by atoms with E-state index in [9.17, 15) is 15.0 Å². The summed E-state index contributed by atoms with van der Waals surface area (Å²) >= 11 is 0. The van der Waals surface area contributed by atoms with E-state index in [1.807, 2.05) is 0 Å². The zero-order valence-electron chi connectivity index (χ0n) is 28.9. The van der Waals surface area contributed by atoms with Crippen molar-refractivity contribution in [2.24, 2.45) is 51.2 Å². The Morgan fingerprint density at radius 1 is 0.977 bits per heavy atom. The van der Waals surface area contributed by atoms with Gasteiger partial charge in [0, 0.05) is 11.5 Å². The lowest BCUT2D eigenvalue weighted by molar-refractivity contribution is -0.229. The van der Waals surface area contributed by atoms with Crippen molar-refractivity contribution < 1.29 is 19.7 Å². The topological polar surface area (TPSA) is 66.8 Å². The van der Waals surface area contributed by atoms with Crippen molar-refractivity contribution in [3.63, 3.8) is 0 Å². The van der Waals surface area contributed by atoms with Crippen LogP contribution >= 0.6 is 0 Å². The van der Waals surface area contributed by atoms with Gasteiger partial charge in [0.15, 0.2) is 0 Å². The van der Waals surface area contributed by atoms with Gasteiger partial charge in [-0.2, -0.15) is 0 Å². The largest absolute Gasteiger partial charge is 0.508 e. The maximum atomic E-state index is 13.0. The average molecular weight is 605 g/mol. The van der Waals surface area contributed by atoms with Gasteiger partial charge in [0.1, 0.15) is 11.9 Å². The first-order chi connectivity index (χ1) is 20.5. The predicted octanol–water partition coefficient (Wildman–Crippen LogP) is 9.75. The third-order valence-electron chi connectivity index (χ3n) is 14.5. The molecule has 0 radical (unpaired) electrons. The number of phenols is 1. The van der Waals surface area contributed by atoms with Gasteiger partial charge < -0.3 is 14.9 Å². The molecule has 0 bridgehead atoms. The number of fused-ring (bicyclic) bond motifs is 5. The molecule has 0 amide bonds. The summed E-state index contributed by atoms with van der Waals surface area (Å²) in [5.41, 5.74) is 2.07. The number of rotatable bonds is 8. The Labute approximate surface area is 267 Å². The lowest BCUT2D eigenvalue weighted by Crippen LogP contribution is -2.64. The fourth-order valence-corrected chi connectivity index (χ4v) is 11.5. The second-order valence-electron chi connectivity index (χ2n) is 17.2. The van der Waals surface area contributed by atoms with E-state index in [1.165, 1.54) is 43.8 Å². The molecule has 0 unspecified atom stereocenters. The number of carbonyl (C=O) groups excluding carboxylic acids is 1. The second-order valence-corrected chi connectivity index (χ2v) is 17.2. The summed E-state index contributed by atoms with van der Waals surface area (Å²) in [7, 11) is 0. The van der Waals surface area contributed by atoms with Gasteiger partial charge in [0.2, 0.25) is 0 Å². The molecule has 44 heavy (non-hydrogen) atoms. The number of hydrogen-bond donors (Lipinski definition) is 2. The lowest BCUT2D eigenvalue weighted by Gasteiger charge is -2.70. The number of phenolic OH excluding ortho intramolecular Hbond substituents is 1. The molecule has 244 valence electrons. The molecule has 0 aliphatic heterocycles. The van der Waals surface area contributed by atoms with E-state index >= 15 is 0 Å². The van der Waals surface area contributed by atoms with Crippen molar-refractivity contribution in [2.75, 3.05) is 0 Å². The summed E-state index contributed by atoms with van der Waals surface area (Å²) in [5.74, 6) is 2.47. The third kappa shape index (κ3) is 5.50. The predicted molar refractivity (Wildman–Crippen MR) is 180 cm³/mol. The molecule has 0 heterocycles. The molecule has 1 aromatic carbocycles. The first-order valence-electron chi connectivity index (χ1n) is 17.5. The van der Waals surface area contributed by atoms with Crippen LogP contribution in [0.25, 0.3) is 6.08 Å². The fourth-order valence-electron chi connectivity index (χ4n) is 11.5. The van der Waals surface area contributed by atoms with Crippen LogP contribution in [0.5, 0.6) is 5.75 Å². The van der Waals surface area contributed by atoms with Gasteiger partial charge in [0.05, 0.1) is 5.60 Å². The molecule has 9 atom stereocenters. The number of aromatic hydroxyl groups is 1. The van der Waals surface area contributed by atoms with E-state index in [0.29, 0.717) is 29.6 Å². The maximum absolute atomic E-state index is 13.0. The third-order valence-corrected chi connectivity index (χ3v) is 14.5. The van der Waals surface area contributed by atoms with E-state index in [1.54, 1.807) is 30.3 Å². The van der Waals surface area contributed by atoms with Gasteiger partial charge in [-0.3, -0.25) is 0 Å². The van der Waals surface area contributed by atoms with Crippen LogP contribution in [0.4, 0.5) is 0 Å². The molecule has 0 spiro atoms. The summed E-state index contributed by atoms with van der Waals surface area (Å²) in [6.45, 7) is 23.3. The number of benzene rings is 1. The Morgan fingerprint density at radius 2 is 1.64 bits per heavy atom. The van der Waals surface area contributed by atoms with E-state index in [2.05, 4.69) is 62.0 Å². The summed E-state index contributed by atoms with van der Waals surface area (Å²) < 4.78 is 6.19. The summed E-state index contributed by atoms with van der Waals surface area (Å²) in [4.78, 5) is 13.0. The highest BCUT2D eigenvalue weighted by molar-refractivity contribution is 5.87. The van der Waals surface area contributed by atoms with Gasteiger partial charge in [-0.1, -0.05) is 72.8 Å². The van der Waals surface area contributed by atoms with Crippen molar-refractivity contribution >= 4 is 12.0 Å². The zero-order valence-corrected chi connectivity index (χ0v) is 28.9. The van der Waals surface area contributed by atoms with Crippen molar-refractivity contribution in [2.45, 2.75) is 131 Å². The second kappa shape index (κ2) is 11.6. The SMILES string of the molecule is C=C(CC[C@](C)(O)[C@H]1CC[C@]2(C)[C@@H]1CC[C@@H]1[C@@]3(C)CC[C@H](OC(=O)/C=C/c4ccc(O)cc4)C(C)(C)[C@@H]3CC[C@]12C)C(C)C. The summed E-state index contributed by atoms with van der Waals surface area (Å²) in [6.07, 6.45) is 14.1. The molecule has 0 saturated heterocycles. The van der Waals surface area contributed by atoms with Gasteiger partial charge in [-0.25, -0.2) is 4.79 Å². The minimum absolute atomic E-state index is 0.0969. The van der Waals surface area contributed by atoms with Crippen LogP contribution in [0.2, 0.25) is 0 Å². The molecule has 2 N–H and O–H groups in total. The van der Waals surface area contributed by atoms with Gasteiger partial charge >= 0.3 is 5.97 Å². The number of carbonyl (C=O) groups is 1. The first kappa shape index (κ1) is 33.3. The van der Waals surface area contributed by atoms with Crippen molar-refractivity contribution in [1.82, 2.24) is 0 Å². The Bertz CT molecular complexity index is 1260. The van der Waals surface area contributed by atoms with Crippen LogP contribution in [0, 0.1) is 51.2 Å². The van der Waals surface area contributed by atoms with E-state index in [0.717, 1.165) is 37.7 Å². The molecule has 4 nitrogen and oxygen atoms in total. The minimum Gasteiger partial charge on any atom is -0.508 e. The number of ether oxygens (including phenoxy) is 1. The number of hydrogen-bond acceptors (Lipinski definition) is 4. The lowest BCUT2D eigenvalue weighted by atomic mass is 9.35. The first-order valence-corrected chi connectivity index (χ1v) is 17.5. The molecule has 5 rings (SSSR count). The fraction of sp³-hybridized carbons (Fsp3) is 0.725. The molecule has 0 aromatic heterocycles. The van der Waals surface area contributed by atoms with Crippen LogP contribution in [-0.2, 0) is 9.53 Å². The van der Waals surface area contributed by atoms with E-state index in [4.69, 9.17) is 4.74 Å². The standard InChI is InChI=1S/C40H60O4/c1-26(2)27(3)18-25-40(9,43)31-19-23-38(7)30(31)15-16-33-37(6)22-21-34(36(4,5)32(37)20-24-39(33,38)8)44-35(42)17-12-28-10-13-29(41)14-11-28/h10-14,17,26,30-34,41,43H,3,15-16,18-25H2,1-2,4-9H3/b17-12+/t30-,31+,32+,33-,34+,37+,38-,39-,40+/m1/s1. The monoisotopic (exact) mass is 604 g/mol. The van der Waals surface area contributed by atoms with E-state index < -0.39 is 5.60 Å². The highest BCUT2D eigenvalue weighted by Gasteiger charge is 2.69. The van der Waals surface area contributed by atoms with Gasteiger partial charge in [-0.05, 0) is 141 Å². The molecular weight excluding hydrogens is 544 g/mol. The molecule has 1 aromatic rings. The van der Waals surface area contributed by atoms with Crippen molar-refractivity contribution in [1.29, 1.82) is 0 Å². The number of allylic oxidation sites excluding steroid dienone is 1. The zero-order chi connectivity index (χ0) is 32.3. The minimum atomic E-state index is -0.648. The van der Waals surface area contributed by atoms with E-state index in [-0.39, 0.29) is 39.5 Å². The Kier molecular flexibility index (Phi) is 8.80. The van der Waals surface area contributed by atoms with Crippen LogP contribution in [0.3, 0.4) is 0 Å². The molecule has 4 saturated carbocycles. The normalized spacial score (nSPS) is 39.3. The Morgan fingerprint density at radius 3 is 2.30 bits per heavy atom. The Balaban J connectivity index is 1.31. The van der Waals surface area contributed by atoms with Crippen LogP contribution < -0.4 is 0 Å². The smallest absolute Gasteiger partial charge is 0.331 e.